The van der Waals surface area contributed by atoms with Gasteiger partial charge in [0, 0.05) is 19.6 Å². The molecule has 0 fully saturated rings. The number of aryl methyl sites for hydroxylation is 1. The highest BCUT2D eigenvalue weighted by Crippen LogP contribution is 2.57. The van der Waals surface area contributed by atoms with Gasteiger partial charge in [0.25, 0.3) is 5.79 Å². The second kappa shape index (κ2) is 7.14. The van der Waals surface area contributed by atoms with Crippen LogP contribution in [-0.2, 0) is 31.1 Å². The van der Waals surface area contributed by atoms with Gasteiger partial charge in [-0.3, -0.25) is 9.59 Å². The van der Waals surface area contributed by atoms with Crippen LogP contribution in [-0.4, -0.2) is 52.0 Å². The predicted octanol–water partition coefficient (Wildman–Crippen LogP) is 1.80. The molecule has 1 aromatic carbocycles. The second-order valence-electron chi connectivity index (χ2n) is 7.48. The minimum Gasteiger partial charge on any atom is -0.493 e. The first-order chi connectivity index (χ1) is 14.4. The molecular formula is C22H25NO7. The highest BCUT2D eigenvalue weighted by Gasteiger charge is 2.59. The summed E-state index contributed by atoms with van der Waals surface area (Å²) in [5, 5.41) is 2.96. The molecule has 1 amide bonds. The molecule has 2 aliphatic heterocycles. The number of benzene rings is 1. The van der Waals surface area contributed by atoms with Gasteiger partial charge in [0.2, 0.25) is 17.4 Å². The van der Waals surface area contributed by atoms with Gasteiger partial charge in [0.05, 0.1) is 27.4 Å². The van der Waals surface area contributed by atoms with E-state index in [1.807, 2.05) is 6.07 Å². The van der Waals surface area contributed by atoms with Crippen LogP contribution in [0.25, 0.3) is 0 Å². The molecule has 2 bridgehead atoms. The van der Waals surface area contributed by atoms with Crippen LogP contribution in [0.5, 0.6) is 17.2 Å². The van der Waals surface area contributed by atoms with E-state index in [4.69, 9.17) is 23.7 Å². The third kappa shape index (κ3) is 2.67. The van der Waals surface area contributed by atoms with Gasteiger partial charge in [-0.1, -0.05) is 0 Å². The van der Waals surface area contributed by atoms with E-state index in [2.05, 4.69) is 5.32 Å². The van der Waals surface area contributed by atoms with Crippen LogP contribution < -0.4 is 19.5 Å². The predicted molar refractivity (Wildman–Crippen MR) is 107 cm³/mol. The molecule has 8 nitrogen and oxygen atoms in total. The van der Waals surface area contributed by atoms with Crippen LogP contribution in [0.15, 0.2) is 29.9 Å². The minimum atomic E-state index is -1.52. The lowest BCUT2D eigenvalue weighted by Crippen LogP contribution is -2.51. The van der Waals surface area contributed by atoms with E-state index in [0.29, 0.717) is 41.2 Å². The molecule has 2 heterocycles. The van der Waals surface area contributed by atoms with E-state index in [0.717, 1.165) is 5.56 Å². The van der Waals surface area contributed by atoms with Crippen molar-refractivity contribution in [1.29, 1.82) is 0 Å². The summed E-state index contributed by atoms with van der Waals surface area (Å²) in [7, 11) is 6.07. The standard InChI is InChI=1S/C22H25NO7/c1-12(24)23-15-7-6-13-10-16(26-2)19(27-3)20(28-4)18(13)21-8-9-22(29-5,30-21)17(25)11-14(15)21/h8-11,15H,6-7H2,1-5H3,(H,23,24)/t15-,21-,22+/m0/s1. The summed E-state index contributed by atoms with van der Waals surface area (Å²) in [6.45, 7) is 1.45. The summed E-state index contributed by atoms with van der Waals surface area (Å²) in [6.07, 6.45) is 6.12. The van der Waals surface area contributed by atoms with Crippen molar-refractivity contribution < 1.29 is 33.3 Å². The number of amides is 1. The van der Waals surface area contributed by atoms with Gasteiger partial charge >= 0.3 is 0 Å². The van der Waals surface area contributed by atoms with Crippen molar-refractivity contribution in [3.05, 3.63) is 41.0 Å². The number of ether oxygens (including phenoxy) is 5. The third-order valence-corrected chi connectivity index (χ3v) is 5.95. The molecule has 3 atom stereocenters. The number of rotatable bonds is 5. The van der Waals surface area contributed by atoms with Crippen LogP contribution in [0.1, 0.15) is 24.5 Å². The summed E-state index contributed by atoms with van der Waals surface area (Å²) in [5.41, 5.74) is 1.10. The Hall–Kier alpha value is -2.84. The fourth-order valence-electron chi connectivity index (χ4n) is 4.68. The number of methoxy groups -OCH3 is 4. The van der Waals surface area contributed by atoms with Gasteiger partial charge < -0.3 is 29.0 Å². The highest BCUT2D eigenvalue weighted by atomic mass is 16.7. The number of carbonyl (C=O) groups is 2. The van der Waals surface area contributed by atoms with Crippen molar-refractivity contribution in [3.63, 3.8) is 0 Å². The Morgan fingerprint density at radius 2 is 1.87 bits per heavy atom. The Kier molecular flexibility index (Phi) is 4.86. The summed E-state index contributed by atoms with van der Waals surface area (Å²) in [6, 6.07) is 1.48. The molecule has 8 heteroatoms. The normalized spacial score (nSPS) is 28.8. The zero-order chi connectivity index (χ0) is 21.7. The van der Waals surface area contributed by atoms with E-state index in [-0.39, 0.29) is 11.7 Å². The number of fused-ring (bicyclic) bond motifs is 2. The summed E-state index contributed by atoms with van der Waals surface area (Å²) >= 11 is 0. The Bertz CT molecular complexity index is 982. The first-order valence-electron chi connectivity index (χ1n) is 9.67. The molecule has 0 saturated carbocycles. The maximum atomic E-state index is 12.9. The molecule has 1 spiro atoms. The molecule has 160 valence electrons. The number of ketones is 1. The minimum absolute atomic E-state index is 0.192. The average molecular weight is 415 g/mol. The zero-order valence-electron chi connectivity index (χ0n) is 17.7. The Morgan fingerprint density at radius 1 is 1.13 bits per heavy atom. The van der Waals surface area contributed by atoms with Crippen molar-refractivity contribution in [2.45, 2.75) is 37.2 Å². The average Bonchev–Trinajstić information content (AvgIpc) is 3.04. The maximum absolute atomic E-state index is 12.9. The van der Waals surface area contributed by atoms with E-state index < -0.39 is 17.4 Å². The quantitative estimate of drug-likeness (QED) is 0.733. The zero-order valence-corrected chi connectivity index (χ0v) is 17.7. The Balaban J connectivity index is 2.04. The molecule has 4 rings (SSSR count). The Labute approximate surface area is 174 Å². The highest BCUT2D eigenvalue weighted by molar-refractivity contribution is 6.01. The summed E-state index contributed by atoms with van der Waals surface area (Å²) < 4.78 is 28.8. The summed E-state index contributed by atoms with van der Waals surface area (Å²) in [5.74, 6) is -0.643. The van der Waals surface area contributed by atoms with Crippen molar-refractivity contribution in [3.8, 4) is 17.2 Å². The largest absolute Gasteiger partial charge is 0.493 e. The van der Waals surface area contributed by atoms with Gasteiger partial charge in [0.1, 0.15) is 5.60 Å². The molecule has 0 radical (unpaired) electrons. The fraction of sp³-hybridized carbons (Fsp3) is 0.455. The second-order valence-corrected chi connectivity index (χ2v) is 7.48. The first-order valence-corrected chi connectivity index (χ1v) is 9.67. The lowest BCUT2D eigenvalue weighted by molar-refractivity contribution is -0.216. The lowest BCUT2D eigenvalue weighted by Gasteiger charge is -2.41. The van der Waals surface area contributed by atoms with Gasteiger partial charge in [-0.2, -0.15) is 0 Å². The van der Waals surface area contributed by atoms with E-state index in [9.17, 15) is 9.59 Å². The third-order valence-electron chi connectivity index (χ3n) is 5.95. The van der Waals surface area contributed by atoms with Gasteiger partial charge in [-0.15, -0.1) is 0 Å². The van der Waals surface area contributed by atoms with Crippen LogP contribution in [0.2, 0.25) is 0 Å². The number of carbonyl (C=O) groups excluding carboxylic acids is 2. The monoisotopic (exact) mass is 415 g/mol. The molecule has 0 saturated heterocycles. The molecule has 3 aliphatic rings. The molecule has 0 aromatic heterocycles. The topological polar surface area (TPSA) is 92.3 Å². The van der Waals surface area contributed by atoms with E-state index >= 15 is 0 Å². The van der Waals surface area contributed by atoms with Crippen molar-refractivity contribution in [2.75, 3.05) is 28.4 Å². The number of hydrogen-bond acceptors (Lipinski definition) is 7. The summed E-state index contributed by atoms with van der Waals surface area (Å²) in [4.78, 5) is 24.9. The van der Waals surface area contributed by atoms with Crippen LogP contribution in [0.4, 0.5) is 0 Å². The Morgan fingerprint density at radius 3 is 2.47 bits per heavy atom. The molecule has 1 aromatic rings. The van der Waals surface area contributed by atoms with Crippen molar-refractivity contribution in [2.24, 2.45) is 0 Å². The van der Waals surface area contributed by atoms with Gasteiger partial charge in [-0.25, -0.2) is 0 Å². The molecule has 0 unspecified atom stereocenters. The van der Waals surface area contributed by atoms with Gasteiger partial charge in [0.15, 0.2) is 11.5 Å². The molecule has 30 heavy (non-hydrogen) atoms. The molecular weight excluding hydrogens is 390 g/mol. The molecule has 1 N–H and O–H groups in total. The van der Waals surface area contributed by atoms with Gasteiger partial charge in [-0.05, 0) is 48.3 Å². The smallest absolute Gasteiger partial charge is 0.254 e. The first kappa shape index (κ1) is 20.4. The van der Waals surface area contributed by atoms with Crippen LogP contribution >= 0.6 is 0 Å². The fourth-order valence-corrected chi connectivity index (χ4v) is 4.68. The number of hydrogen-bond donors (Lipinski definition) is 1. The van der Waals surface area contributed by atoms with Crippen molar-refractivity contribution >= 4 is 11.7 Å². The van der Waals surface area contributed by atoms with Crippen molar-refractivity contribution in [1.82, 2.24) is 5.32 Å². The SMILES string of the molecule is COc1cc2c(c(OC)c1OC)[C@@]13C=C[C@@](OC)(O1)C(=O)C=C3[C@@H](NC(C)=O)CC2. The van der Waals surface area contributed by atoms with Crippen LogP contribution in [0, 0.1) is 0 Å². The lowest BCUT2D eigenvalue weighted by atomic mass is 9.80. The number of nitrogens with one attached hydrogen (secondary N) is 1. The van der Waals surface area contributed by atoms with E-state index in [1.54, 1.807) is 26.4 Å². The van der Waals surface area contributed by atoms with E-state index in [1.165, 1.54) is 27.2 Å². The van der Waals surface area contributed by atoms with Crippen LogP contribution in [0.3, 0.4) is 0 Å². The molecule has 1 aliphatic carbocycles. The maximum Gasteiger partial charge on any atom is 0.254 e.